The summed E-state index contributed by atoms with van der Waals surface area (Å²) in [5.41, 5.74) is 0. The Hall–Kier alpha value is -1.06. The van der Waals surface area contributed by atoms with Crippen molar-refractivity contribution in [3.8, 4) is 0 Å². The van der Waals surface area contributed by atoms with Crippen LogP contribution in [-0.2, 0) is 19.1 Å². The van der Waals surface area contributed by atoms with Crippen LogP contribution >= 0.6 is 27.7 Å². The number of hydrogen-bond donors (Lipinski definition) is 1. The third-order valence-electron chi connectivity index (χ3n) is 8.06. The van der Waals surface area contributed by atoms with Crippen LogP contribution in [0.1, 0.15) is 59.8 Å². The van der Waals surface area contributed by atoms with Crippen LogP contribution in [0.25, 0.3) is 0 Å². The second-order valence-electron chi connectivity index (χ2n) is 10.1. The smallest absolute Gasteiger partial charge is 0.310 e. The van der Waals surface area contributed by atoms with Crippen molar-refractivity contribution in [2.45, 2.75) is 86.7 Å². The quantitative estimate of drug-likeness (QED) is 0.157. The second-order valence-corrected chi connectivity index (χ2v) is 12.8. The molecule has 0 saturated carbocycles. The van der Waals surface area contributed by atoms with Gasteiger partial charge in [-0.15, -0.1) is 18.3 Å². The maximum Gasteiger partial charge on any atom is 0.310 e. The molecular formula is C26H41BrN2O5S. The summed E-state index contributed by atoms with van der Waals surface area (Å²) in [6.45, 7) is 12.8. The number of esters is 1. The van der Waals surface area contributed by atoms with Gasteiger partial charge in [-0.1, -0.05) is 62.0 Å². The number of halogens is 1. The number of thioether (sulfide) groups is 1. The van der Waals surface area contributed by atoms with E-state index in [-0.39, 0.29) is 47.0 Å². The third kappa shape index (κ3) is 4.93. The Balaban J connectivity index is 2.10. The Morgan fingerprint density at radius 3 is 2.66 bits per heavy atom. The van der Waals surface area contributed by atoms with Gasteiger partial charge in [0.1, 0.15) is 6.04 Å². The molecule has 0 aliphatic carbocycles. The number of fused-ring (bicyclic) bond motifs is 1. The van der Waals surface area contributed by atoms with Crippen molar-refractivity contribution in [2.75, 3.05) is 26.3 Å². The van der Waals surface area contributed by atoms with Gasteiger partial charge in [0.05, 0.1) is 35.8 Å². The van der Waals surface area contributed by atoms with E-state index < -0.39 is 28.7 Å². The molecule has 3 saturated heterocycles. The minimum atomic E-state index is -0.734. The van der Waals surface area contributed by atoms with Crippen LogP contribution in [0.5, 0.6) is 0 Å². The molecule has 0 radical (unpaired) electrons. The van der Waals surface area contributed by atoms with Gasteiger partial charge in [0.25, 0.3) is 0 Å². The van der Waals surface area contributed by atoms with Gasteiger partial charge in [-0.25, -0.2) is 0 Å². The first-order valence-electron chi connectivity index (χ1n) is 13.0. The summed E-state index contributed by atoms with van der Waals surface area (Å²) in [7, 11) is 0. The van der Waals surface area contributed by atoms with Gasteiger partial charge >= 0.3 is 5.97 Å². The Morgan fingerprint density at radius 1 is 1.37 bits per heavy atom. The van der Waals surface area contributed by atoms with Gasteiger partial charge in [-0.05, 0) is 25.7 Å². The standard InChI is InChI=1S/C26H41BrN2O5S/c1-6-10-11-13-28(12-7-2)24(32)22-26-14-17(27)21(35-26)19(25(33)34-9-4)20(26)23(31)29(22)18(15-30)16(5)8-3/h7,16-22,30H,2,6,8-15H2,1,3-5H3/t16-,17?,18-,19+,20-,21+,22?,26?/m0/s1. The molecule has 3 unspecified atom stereocenters. The van der Waals surface area contributed by atoms with Crippen molar-refractivity contribution in [3.63, 3.8) is 0 Å². The highest BCUT2D eigenvalue weighted by atomic mass is 79.9. The average molecular weight is 574 g/mol. The van der Waals surface area contributed by atoms with E-state index in [4.69, 9.17) is 4.74 Å². The summed E-state index contributed by atoms with van der Waals surface area (Å²) in [5.74, 6) is -1.88. The molecule has 3 aliphatic rings. The molecule has 1 N–H and O–H groups in total. The number of aliphatic hydroxyl groups is 1. The molecular weight excluding hydrogens is 532 g/mol. The first kappa shape index (κ1) is 28.5. The van der Waals surface area contributed by atoms with E-state index >= 15 is 0 Å². The van der Waals surface area contributed by atoms with Crippen molar-refractivity contribution < 1.29 is 24.2 Å². The van der Waals surface area contributed by atoms with Crippen LogP contribution in [0.15, 0.2) is 12.7 Å². The number of unbranched alkanes of at least 4 members (excludes halogenated alkanes) is 2. The lowest BCUT2D eigenvalue weighted by atomic mass is 9.71. The SMILES string of the molecule is C=CCN(CCCCC)C(=O)C1N([C@@H](CO)[C@@H](C)CC)C(=O)[C@@H]2[C@@H](C(=O)OCC)[C@@H]3SC12CC3Br. The van der Waals surface area contributed by atoms with E-state index in [9.17, 15) is 19.5 Å². The fraction of sp³-hybridized carbons (Fsp3) is 0.808. The van der Waals surface area contributed by atoms with Gasteiger partial charge < -0.3 is 19.6 Å². The summed E-state index contributed by atoms with van der Waals surface area (Å²) in [5, 5.41) is 10.3. The summed E-state index contributed by atoms with van der Waals surface area (Å²) < 4.78 is 4.69. The average Bonchev–Trinajstić information content (AvgIpc) is 3.42. The van der Waals surface area contributed by atoms with Crippen molar-refractivity contribution >= 4 is 45.5 Å². The zero-order valence-electron chi connectivity index (χ0n) is 21.5. The zero-order valence-corrected chi connectivity index (χ0v) is 23.9. The number of hydrogen-bond acceptors (Lipinski definition) is 6. The van der Waals surface area contributed by atoms with Crippen molar-refractivity contribution in [3.05, 3.63) is 12.7 Å². The molecule has 3 fully saturated rings. The molecule has 3 heterocycles. The lowest BCUT2D eigenvalue weighted by Gasteiger charge is -2.41. The van der Waals surface area contributed by atoms with Crippen molar-refractivity contribution in [1.82, 2.24) is 9.80 Å². The molecule has 3 aliphatic heterocycles. The zero-order chi connectivity index (χ0) is 25.9. The molecule has 198 valence electrons. The molecule has 1 spiro atoms. The molecule has 8 atom stereocenters. The van der Waals surface area contributed by atoms with E-state index in [0.29, 0.717) is 19.5 Å². The Labute approximate surface area is 222 Å². The van der Waals surface area contributed by atoms with Crippen LogP contribution in [0, 0.1) is 17.8 Å². The van der Waals surface area contributed by atoms with E-state index in [1.807, 2.05) is 18.7 Å². The third-order valence-corrected chi connectivity index (χ3v) is 11.3. The lowest BCUT2D eigenvalue weighted by molar-refractivity contribution is -0.154. The highest BCUT2D eigenvalue weighted by Crippen LogP contribution is 2.68. The number of carbonyl (C=O) groups is 3. The van der Waals surface area contributed by atoms with Crippen molar-refractivity contribution in [2.24, 2.45) is 17.8 Å². The monoisotopic (exact) mass is 572 g/mol. The molecule has 0 aromatic heterocycles. The fourth-order valence-electron chi connectivity index (χ4n) is 6.20. The number of rotatable bonds is 13. The lowest BCUT2D eigenvalue weighted by Crippen LogP contribution is -2.59. The summed E-state index contributed by atoms with van der Waals surface area (Å²) in [6, 6.07) is -1.22. The molecule has 35 heavy (non-hydrogen) atoms. The normalized spacial score (nSPS) is 32.9. The number of aliphatic hydroxyl groups excluding tert-OH is 1. The molecule has 3 rings (SSSR count). The Bertz CT molecular complexity index is 813. The first-order chi connectivity index (χ1) is 16.7. The number of amides is 2. The van der Waals surface area contributed by atoms with Crippen LogP contribution in [-0.4, -0.2) is 85.9 Å². The molecule has 9 heteroatoms. The largest absolute Gasteiger partial charge is 0.466 e. The molecule has 7 nitrogen and oxygen atoms in total. The first-order valence-corrected chi connectivity index (χ1v) is 14.8. The van der Waals surface area contributed by atoms with Gasteiger partial charge in [0.2, 0.25) is 11.8 Å². The summed E-state index contributed by atoms with van der Waals surface area (Å²) in [4.78, 5) is 45.1. The molecule has 0 aromatic carbocycles. The van der Waals surface area contributed by atoms with Gasteiger partial charge in [-0.3, -0.25) is 14.4 Å². The van der Waals surface area contributed by atoms with Crippen molar-refractivity contribution in [1.29, 1.82) is 0 Å². The number of ether oxygens (including phenoxy) is 1. The summed E-state index contributed by atoms with van der Waals surface area (Å²) >= 11 is 5.38. The second kappa shape index (κ2) is 12.0. The fourth-order valence-corrected chi connectivity index (χ4v) is 9.78. The predicted octanol–water partition coefficient (Wildman–Crippen LogP) is 3.63. The van der Waals surface area contributed by atoms with E-state index in [2.05, 4.69) is 29.4 Å². The van der Waals surface area contributed by atoms with Crippen LogP contribution in [0.3, 0.4) is 0 Å². The predicted molar refractivity (Wildman–Crippen MR) is 142 cm³/mol. The minimum absolute atomic E-state index is 0.00493. The topological polar surface area (TPSA) is 87.2 Å². The van der Waals surface area contributed by atoms with E-state index in [1.54, 1.807) is 29.7 Å². The Morgan fingerprint density at radius 2 is 2.09 bits per heavy atom. The molecule has 0 aromatic rings. The Kier molecular flexibility index (Phi) is 9.77. The van der Waals surface area contributed by atoms with Crippen LogP contribution < -0.4 is 0 Å². The van der Waals surface area contributed by atoms with Crippen LogP contribution in [0.4, 0.5) is 0 Å². The highest BCUT2D eigenvalue weighted by Gasteiger charge is 2.76. The van der Waals surface area contributed by atoms with Gasteiger partial charge in [0.15, 0.2) is 0 Å². The van der Waals surface area contributed by atoms with Gasteiger partial charge in [-0.2, -0.15) is 0 Å². The molecule has 2 amide bonds. The van der Waals surface area contributed by atoms with Gasteiger partial charge in [0, 0.05) is 23.2 Å². The number of likely N-dealkylation sites (tertiary alicyclic amines) is 1. The highest BCUT2D eigenvalue weighted by molar-refractivity contribution is 9.09. The number of alkyl halides is 1. The van der Waals surface area contributed by atoms with E-state index in [0.717, 1.165) is 25.7 Å². The molecule has 2 bridgehead atoms. The summed E-state index contributed by atoms with van der Waals surface area (Å²) in [6.07, 6.45) is 6.05. The maximum atomic E-state index is 14.3. The maximum absolute atomic E-state index is 14.3. The minimum Gasteiger partial charge on any atom is -0.466 e. The van der Waals surface area contributed by atoms with Crippen LogP contribution in [0.2, 0.25) is 0 Å². The number of nitrogens with zero attached hydrogens (tertiary/aromatic N) is 2. The number of carbonyl (C=O) groups excluding carboxylic acids is 3. The van der Waals surface area contributed by atoms with E-state index in [1.165, 1.54) is 0 Å².